The average Bonchev–Trinajstić information content (AvgIpc) is 2.73. The third-order valence-electron chi connectivity index (χ3n) is 5.70. The van der Waals surface area contributed by atoms with Crippen LogP contribution >= 0.6 is 0 Å². The largest absolute Gasteiger partial charge is 0.277 e. The monoisotopic (exact) mass is 343 g/mol. The second-order valence-corrected chi connectivity index (χ2v) is 7.11. The molecular weight excluding hydrogens is 330 g/mol. The molecule has 0 radical (unpaired) electrons. The van der Waals surface area contributed by atoms with Crippen molar-refractivity contribution >= 4 is 60.7 Å². The molecule has 0 N–H and O–H groups in total. The summed E-state index contributed by atoms with van der Waals surface area (Å²) in [5.41, 5.74) is 3.22. The van der Waals surface area contributed by atoms with Crippen LogP contribution in [-0.2, 0) is 0 Å². The quantitative estimate of drug-likeness (QED) is 0.323. The van der Waals surface area contributed by atoms with Crippen molar-refractivity contribution in [1.82, 2.24) is 9.97 Å². The van der Waals surface area contributed by atoms with Crippen LogP contribution in [0.2, 0.25) is 0 Å². The molecule has 27 heavy (non-hydrogen) atoms. The molecule has 0 fully saturated rings. The summed E-state index contributed by atoms with van der Waals surface area (Å²) in [5.74, 6) is 1.94. The van der Waals surface area contributed by atoms with E-state index in [1.54, 1.807) is 0 Å². The zero-order valence-electron chi connectivity index (χ0n) is 14.3. The number of benzene rings is 4. The van der Waals surface area contributed by atoms with Crippen molar-refractivity contribution in [3.63, 3.8) is 0 Å². The molecule has 124 valence electrons. The van der Waals surface area contributed by atoms with Crippen LogP contribution in [0, 0.1) is 0 Å². The summed E-state index contributed by atoms with van der Waals surface area (Å²) in [4.78, 5) is 12.4. The van der Waals surface area contributed by atoms with E-state index >= 15 is 0 Å². The Kier molecular flexibility index (Phi) is 2.25. The number of anilines is 3. The third-order valence-corrected chi connectivity index (χ3v) is 5.70. The zero-order valence-corrected chi connectivity index (χ0v) is 14.3. The van der Waals surface area contributed by atoms with Crippen molar-refractivity contribution in [2.24, 2.45) is 0 Å². The molecule has 3 aliphatic rings. The van der Waals surface area contributed by atoms with Gasteiger partial charge in [0.1, 0.15) is 11.6 Å². The lowest BCUT2D eigenvalue weighted by Gasteiger charge is -2.33. The number of hydrogen-bond donors (Lipinski definition) is 0. The number of hydrogen-bond acceptors (Lipinski definition) is 3. The van der Waals surface area contributed by atoms with Crippen LogP contribution in [-0.4, -0.2) is 9.97 Å². The van der Waals surface area contributed by atoms with Gasteiger partial charge in [0.25, 0.3) is 0 Å². The van der Waals surface area contributed by atoms with Crippen LogP contribution in [0.4, 0.5) is 17.3 Å². The SMILES string of the molecule is c1ccc2c3nc4cccc5ccc6c(c54)N3c(nc2c1)c1ccccc16. The van der Waals surface area contributed by atoms with E-state index in [-0.39, 0.29) is 0 Å². The minimum absolute atomic E-state index is 0.970. The van der Waals surface area contributed by atoms with Crippen LogP contribution < -0.4 is 4.90 Å². The van der Waals surface area contributed by atoms with Gasteiger partial charge < -0.3 is 0 Å². The predicted octanol–water partition coefficient (Wildman–Crippen LogP) is 6.31. The van der Waals surface area contributed by atoms with E-state index in [0.29, 0.717) is 0 Å². The number of rotatable bonds is 0. The fraction of sp³-hybridized carbons (Fsp3) is 0. The maximum atomic E-state index is 5.09. The third kappa shape index (κ3) is 1.53. The highest BCUT2D eigenvalue weighted by atomic mass is 15.3. The van der Waals surface area contributed by atoms with E-state index < -0.39 is 0 Å². The molecule has 0 amide bonds. The fourth-order valence-corrected chi connectivity index (χ4v) is 4.56. The van der Waals surface area contributed by atoms with Gasteiger partial charge in [-0.25, -0.2) is 9.97 Å². The highest BCUT2D eigenvalue weighted by Gasteiger charge is 2.31. The second-order valence-electron chi connectivity index (χ2n) is 7.11. The van der Waals surface area contributed by atoms with Gasteiger partial charge in [0.15, 0.2) is 0 Å². The second kappa shape index (κ2) is 4.51. The van der Waals surface area contributed by atoms with Gasteiger partial charge in [0.05, 0.1) is 16.7 Å². The topological polar surface area (TPSA) is 29.0 Å². The highest BCUT2D eigenvalue weighted by molar-refractivity contribution is 6.26. The van der Waals surface area contributed by atoms with Crippen LogP contribution in [0.3, 0.4) is 0 Å². The van der Waals surface area contributed by atoms with Gasteiger partial charge in [0, 0.05) is 21.5 Å². The number of para-hydroxylation sites is 1. The maximum Gasteiger partial charge on any atom is 0.149 e. The van der Waals surface area contributed by atoms with Crippen molar-refractivity contribution in [2.75, 3.05) is 4.90 Å². The van der Waals surface area contributed by atoms with Crippen molar-refractivity contribution in [2.45, 2.75) is 0 Å². The van der Waals surface area contributed by atoms with Crippen LogP contribution in [0.5, 0.6) is 0 Å². The lowest BCUT2D eigenvalue weighted by Crippen LogP contribution is -2.20. The molecule has 0 saturated heterocycles. The maximum absolute atomic E-state index is 5.09. The van der Waals surface area contributed by atoms with E-state index in [9.17, 15) is 0 Å². The lowest BCUT2D eigenvalue weighted by atomic mass is 9.95. The Morgan fingerprint density at radius 3 is 2.15 bits per heavy atom. The Morgan fingerprint density at radius 1 is 0.519 bits per heavy atom. The molecule has 7 rings (SSSR count). The Morgan fingerprint density at radius 2 is 1.22 bits per heavy atom. The molecule has 3 heterocycles. The van der Waals surface area contributed by atoms with Gasteiger partial charge in [0.2, 0.25) is 0 Å². The summed E-state index contributed by atoms with van der Waals surface area (Å²) < 4.78 is 0. The number of fused-ring (bicyclic) bond motifs is 5. The van der Waals surface area contributed by atoms with Gasteiger partial charge in [-0.15, -0.1) is 0 Å². The van der Waals surface area contributed by atoms with Crippen molar-refractivity contribution in [3.8, 4) is 0 Å². The molecule has 0 saturated carbocycles. The van der Waals surface area contributed by atoms with Gasteiger partial charge in [-0.3, -0.25) is 4.90 Å². The molecule has 4 aromatic rings. The predicted molar refractivity (Wildman–Crippen MR) is 111 cm³/mol. The van der Waals surface area contributed by atoms with Crippen molar-refractivity contribution in [1.29, 1.82) is 0 Å². The van der Waals surface area contributed by atoms with E-state index in [4.69, 9.17) is 9.97 Å². The average molecular weight is 343 g/mol. The number of aromatic nitrogens is 2. The molecule has 3 nitrogen and oxygen atoms in total. The summed E-state index contributed by atoms with van der Waals surface area (Å²) in [5, 5.41) is 7.15. The molecule has 0 aliphatic carbocycles. The van der Waals surface area contributed by atoms with Gasteiger partial charge >= 0.3 is 0 Å². The highest BCUT2D eigenvalue weighted by Crippen LogP contribution is 2.52. The Bertz CT molecular complexity index is 1530. The Balaban J connectivity index is 1.91. The normalized spacial score (nSPS) is 13.1. The Hall–Kier alpha value is -3.72. The minimum atomic E-state index is 0.970. The number of nitrogens with zero attached hydrogens (tertiary/aromatic N) is 3. The first kappa shape index (κ1) is 13.5. The lowest BCUT2D eigenvalue weighted by molar-refractivity contribution is 1.17. The molecule has 0 atom stereocenters. The molecular formula is C24H13N3. The molecule has 3 heteroatoms. The van der Waals surface area contributed by atoms with Gasteiger partial charge in [-0.2, -0.15) is 0 Å². The van der Waals surface area contributed by atoms with E-state index in [1.165, 1.54) is 27.2 Å². The van der Waals surface area contributed by atoms with Gasteiger partial charge in [-0.1, -0.05) is 60.7 Å². The molecule has 0 spiro atoms. The first-order valence-corrected chi connectivity index (χ1v) is 9.12. The van der Waals surface area contributed by atoms with Crippen molar-refractivity contribution in [3.05, 3.63) is 78.9 Å². The summed E-state index contributed by atoms with van der Waals surface area (Å²) in [7, 11) is 0. The standard InChI is InChI=1S/C24H13N3/c1-2-8-17-15(7-1)16-13-12-14-6-5-11-20-21(14)22(16)27-23(17)25-19-10-4-3-9-18(19)24(27)26-20/h1-13H. The smallest absolute Gasteiger partial charge is 0.149 e. The van der Waals surface area contributed by atoms with E-state index in [1.807, 2.05) is 6.07 Å². The summed E-state index contributed by atoms with van der Waals surface area (Å²) in [6.07, 6.45) is 0. The molecule has 3 aliphatic heterocycles. The minimum Gasteiger partial charge on any atom is -0.277 e. The summed E-state index contributed by atoms with van der Waals surface area (Å²) in [6, 6.07) is 27.6. The van der Waals surface area contributed by atoms with E-state index in [0.717, 1.165) is 33.4 Å². The van der Waals surface area contributed by atoms with E-state index in [2.05, 4.69) is 77.7 Å². The summed E-state index contributed by atoms with van der Waals surface area (Å²) in [6.45, 7) is 0. The van der Waals surface area contributed by atoms with Crippen LogP contribution in [0.1, 0.15) is 0 Å². The van der Waals surface area contributed by atoms with Gasteiger partial charge in [-0.05, 0) is 29.0 Å². The molecule has 0 unspecified atom stereocenters. The fourth-order valence-electron chi connectivity index (χ4n) is 4.56. The first-order valence-electron chi connectivity index (χ1n) is 9.12. The van der Waals surface area contributed by atoms with Crippen LogP contribution in [0.15, 0.2) is 78.9 Å². The molecule has 0 aromatic heterocycles. The summed E-state index contributed by atoms with van der Waals surface area (Å²) >= 11 is 0. The molecule has 4 aromatic carbocycles. The first-order chi connectivity index (χ1) is 13.4. The Labute approximate surface area is 154 Å². The molecule has 0 bridgehead atoms. The van der Waals surface area contributed by atoms with Crippen LogP contribution in [0.25, 0.3) is 43.4 Å². The van der Waals surface area contributed by atoms with Crippen molar-refractivity contribution < 1.29 is 0 Å². The zero-order chi connectivity index (χ0) is 17.5.